The normalized spacial score (nSPS) is 21.5. The minimum absolute atomic E-state index is 0. The van der Waals surface area contributed by atoms with Crippen molar-refractivity contribution in [2.45, 2.75) is 30.9 Å². The highest BCUT2D eigenvalue weighted by atomic mass is 127. The molecule has 0 aliphatic carbocycles. The van der Waals surface area contributed by atoms with Crippen molar-refractivity contribution in [1.82, 2.24) is 14.5 Å². The standard InChI is InChI=1S/C16H28N4O2S2.HI/c1-5-16(2)8-10-20(13-16)15(17-3)18-9-11-19(4)24(21,22)14-7-6-12-23-14;/h6-7,12H,5,8-11,13H2,1-4H3,(H,17,18);1H. The molecule has 6 nitrogen and oxygen atoms in total. The molecule has 1 fully saturated rings. The number of halogens is 1. The zero-order chi connectivity index (χ0) is 17.8. The highest BCUT2D eigenvalue weighted by Gasteiger charge is 2.33. The Balaban J connectivity index is 0.00000312. The molecule has 0 spiro atoms. The lowest BCUT2D eigenvalue weighted by Gasteiger charge is -2.26. The van der Waals surface area contributed by atoms with E-state index in [0.717, 1.165) is 31.9 Å². The van der Waals surface area contributed by atoms with Gasteiger partial charge < -0.3 is 10.2 Å². The first-order chi connectivity index (χ1) is 11.3. The molecule has 144 valence electrons. The molecule has 1 aromatic rings. The Labute approximate surface area is 172 Å². The van der Waals surface area contributed by atoms with Crippen LogP contribution in [0.2, 0.25) is 0 Å². The van der Waals surface area contributed by atoms with Crippen LogP contribution in [0.3, 0.4) is 0 Å². The summed E-state index contributed by atoms with van der Waals surface area (Å²) in [7, 11) is 0.00494. The van der Waals surface area contributed by atoms with Crippen molar-refractivity contribution in [3.63, 3.8) is 0 Å². The van der Waals surface area contributed by atoms with Crippen LogP contribution in [0.15, 0.2) is 26.7 Å². The number of rotatable bonds is 6. The van der Waals surface area contributed by atoms with Crippen molar-refractivity contribution in [3.05, 3.63) is 17.5 Å². The van der Waals surface area contributed by atoms with Crippen LogP contribution in [-0.4, -0.2) is 63.9 Å². The number of aliphatic imine (C=N–C) groups is 1. The maximum Gasteiger partial charge on any atom is 0.252 e. The fraction of sp³-hybridized carbons (Fsp3) is 0.688. The minimum Gasteiger partial charge on any atom is -0.355 e. The van der Waals surface area contributed by atoms with Crippen LogP contribution in [0.25, 0.3) is 0 Å². The fourth-order valence-electron chi connectivity index (χ4n) is 2.83. The third-order valence-corrected chi connectivity index (χ3v) is 8.02. The van der Waals surface area contributed by atoms with Gasteiger partial charge in [0.25, 0.3) is 10.0 Å². The summed E-state index contributed by atoms with van der Waals surface area (Å²) in [6.45, 7) is 7.46. The molecular formula is C16H29IN4O2S2. The van der Waals surface area contributed by atoms with E-state index in [1.807, 2.05) is 0 Å². The molecule has 0 saturated carbocycles. The summed E-state index contributed by atoms with van der Waals surface area (Å²) in [6, 6.07) is 3.39. The number of sulfonamides is 1. The van der Waals surface area contributed by atoms with Gasteiger partial charge in [-0.2, -0.15) is 4.31 Å². The maximum absolute atomic E-state index is 12.4. The Morgan fingerprint density at radius 1 is 1.52 bits per heavy atom. The van der Waals surface area contributed by atoms with Crippen molar-refractivity contribution < 1.29 is 8.42 Å². The van der Waals surface area contributed by atoms with E-state index >= 15 is 0 Å². The summed E-state index contributed by atoms with van der Waals surface area (Å²) in [5, 5.41) is 5.07. The summed E-state index contributed by atoms with van der Waals surface area (Å²) in [6.07, 6.45) is 2.32. The van der Waals surface area contributed by atoms with Gasteiger partial charge in [0.15, 0.2) is 5.96 Å². The summed E-state index contributed by atoms with van der Waals surface area (Å²) >= 11 is 1.24. The highest BCUT2D eigenvalue weighted by molar-refractivity contribution is 14.0. The number of nitrogens with zero attached hydrogens (tertiary/aromatic N) is 3. The third-order valence-electron chi connectivity index (χ3n) is 4.79. The second-order valence-electron chi connectivity index (χ2n) is 6.57. The van der Waals surface area contributed by atoms with Crippen LogP contribution in [-0.2, 0) is 10.0 Å². The number of hydrogen-bond acceptors (Lipinski definition) is 4. The molecule has 0 amide bonds. The van der Waals surface area contributed by atoms with Gasteiger partial charge in [-0.05, 0) is 29.7 Å². The number of likely N-dealkylation sites (tertiary alicyclic amines) is 1. The van der Waals surface area contributed by atoms with Gasteiger partial charge in [0.2, 0.25) is 0 Å². The number of hydrogen-bond donors (Lipinski definition) is 1. The molecule has 2 heterocycles. The lowest BCUT2D eigenvalue weighted by atomic mass is 9.87. The molecule has 0 aromatic carbocycles. The van der Waals surface area contributed by atoms with E-state index in [2.05, 4.69) is 29.1 Å². The monoisotopic (exact) mass is 500 g/mol. The van der Waals surface area contributed by atoms with Gasteiger partial charge in [-0.1, -0.05) is 19.9 Å². The van der Waals surface area contributed by atoms with Crippen molar-refractivity contribution in [2.24, 2.45) is 10.4 Å². The number of likely N-dealkylation sites (N-methyl/N-ethyl adjacent to an activating group) is 1. The first kappa shape index (κ1) is 22.7. The van der Waals surface area contributed by atoms with Crippen molar-refractivity contribution >= 4 is 51.3 Å². The number of guanidine groups is 1. The number of thiophene rings is 1. The smallest absolute Gasteiger partial charge is 0.252 e. The molecule has 9 heteroatoms. The predicted octanol–water partition coefficient (Wildman–Crippen LogP) is 2.68. The molecule has 1 aromatic heterocycles. The van der Waals surface area contributed by atoms with E-state index in [1.165, 1.54) is 15.6 Å². The van der Waals surface area contributed by atoms with Crippen LogP contribution in [0.1, 0.15) is 26.7 Å². The summed E-state index contributed by atoms with van der Waals surface area (Å²) in [4.78, 5) is 6.61. The van der Waals surface area contributed by atoms with E-state index in [-0.39, 0.29) is 24.0 Å². The van der Waals surface area contributed by atoms with Crippen molar-refractivity contribution in [1.29, 1.82) is 0 Å². The van der Waals surface area contributed by atoms with Gasteiger partial charge in [-0.25, -0.2) is 8.42 Å². The van der Waals surface area contributed by atoms with Gasteiger partial charge in [0.1, 0.15) is 4.21 Å². The van der Waals surface area contributed by atoms with E-state index in [1.54, 1.807) is 31.6 Å². The van der Waals surface area contributed by atoms with Gasteiger partial charge in [-0.15, -0.1) is 35.3 Å². The molecule has 25 heavy (non-hydrogen) atoms. The molecule has 0 bridgehead atoms. The van der Waals surface area contributed by atoms with Crippen LogP contribution in [0.5, 0.6) is 0 Å². The summed E-state index contributed by atoms with van der Waals surface area (Å²) < 4.78 is 26.5. The van der Waals surface area contributed by atoms with Crippen LogP contribution < -0.4 is 5.32 Å². The Bertz CT molecular complexity index is 664. The molecule has 1 aliphatic rings. The first-order valence-electron chi connectivity index (χ1n) is 8.28. The van der Waals surface area contributed by atoms with Gasteiger partial charge >= 0.3 is 0 Å². The van der Waals surface area contributed by atoms with Gasteiger partial charge in [0.05, 0.1) is 0 Å². The van der Waals surface area contributed by atoms with Crippen molar-refractivity contribution in [3.8, 4) is 0 Å². The van der Waals surface area contributed by atoms with E-state index in [4.69, 9.17) is 0 Å². The average Bonchev–Trinajstić information content (AvgIpc) is 3.22. The molecule has 1 atom stereocenters. The second kappa shape index (κ2) is 9.52. The molecule has 1 saturated heterocycles. The first-order valence-corrected chi connectivity index (χ1v) is 10.6. The quantitative estimate of drug-likeness (QED) is 0.371. The molecule has 1 unspecified atom stereocenters. The van der Waals surface area contributed by atoms with Crippen LogP contribution in [0.4, 0.5) is 0 Å². The Morgan fingerprint density at radius 2 is 2.24 bits per heavy atom. The third kappa shape index (κ3) is 5.54. The predicted molar refractivity (Wildman–Crippen MR) is 115 cm³/mol. The average molecular weight is 500 g/mol. The SMILES string of the molecule is CCC1(C)CCN(C(=NC)NCCN(C)S(=O)(=O)c2cccs2)C1.I. The van der Waals surface area contributed by atoms with Gasteiger partial charge in [0, 0.05) is 40.3 Å². The second-order valence-corrected chi connectivity index (χ2v) is 9.79. The lowest BCUT2D eigenvalue weighted by molar-refractivity contribution is 0.321. The maximum atomic E-state index is 12.4. The number of nitrogens with one attached hydrogen (secondary N) is 1. The zero-order valence-corrected chi connectivity index (χ0v) is 19.3. The largest absolute Gasteiger partial charge is 0.355 e. The minimum atomic E-state index is -3.38. The van der Waals surface area contributed by atoms with E-state index in [9.17, 15) is 8.42 Å². The van der Waals surface area contributed by atoms with E-state index in [0.29, 0.717) is 22.7 Å². The topological polar surface area (TPSA) is 65.0 Å². The summed E-state index contributed by atoms with van der Waals surface area (Å²) in [5.74, 6) is 0.856. The molecule has 0 radical (unpaired) electrons. The Kier molecular flexibility index (Phi) is 8.62. The Hall–Kier alpha value is -0.390. The Morgan fingerprint density at radius 3 is 2.76 bits per heavy atom. The molecule has 1 N–H and O–H groups in total. The van der Waals surface area contributed by atoms with Crippen LogP contribution in [0, 0.1) is 5.41 Å². The zero-order valence-electron chi connectivity index (χ0n) is 15.4. The van der Waals surface area contributed by atoms with Crippen LogP contribution >= 0.6 is 35.3 Å². The summed E-state index contributed by atoms with van der Waals surface area (Å²) in [5.41, 5.74) is 0.344. The fourth-order valence-corrected chi connectivity index (χ4v) is 5.21. The molecule has 2 rings (SSSR count). The van der Waals surface area contributed by atoms with Crippen molar-refractivity contribution in [2.75, 3.05) is 40.3 Å². The van der Waals surface area contributed by atoms with Gasteiger partial charge in [-0.3, -0.25) is 4.99 Å². The highest BCUT2D eigenvalue weighted by Crippen LogP contribution is 2.32. The molecule has 1 aliphatic heterocycles. The lowest BCUT2D eigenvalue weighted by Crippen LogP contribution is -2.44. The molecular weight excluding hydrogens is 471 g/mol. The van der Waals surface area contributed by atoms with E-state index < -0.39 is 10.0 Å².